The first-order chi connectivity index (χ1) is 13.1. The first kappa shape index (κ1) is 16.0. The van der Waals surface area contributed by atoms with Crippen molar-refractivity contribution in [2.24, 2.45) is 5.73 Å². The fourth-order valence-corrected chi connectivity index (χ4v) is 3.60. The van der Waals surface area contributed by atoms with Gasteiger partial charge in [0.25, 0.3) is 0 Å². The van der Waals surface area contributed by atoms with Crippen molar-refractivity contribution in [2.45, 2.75) is 19.4 Å². The van der Waals surface area contributed by atoms with Crippen LogP contribution in [0.15, 0.2) is 40.8 Å². The normalized spacial score (nSPS) is 17.3. The molecule has 0 saturated carbocycles. The van der Waals surface area contributed by atoms with Gasteiger partial charge in [-0.05, 0) is 36.8 Å². The van der Waals surface area contributed by atoms with Gasteiger partial charge in [-0.15, -0.1) is 0 Å². The van der Waals surface area contributed by atoms with Crippen molar-refractivity contribution in [1.82, 2.24) is 15.0 Å². The van der Waals surface area contributed by atoms with Crippen molar-refractivity contribution in [2.75, 3.05) is 18.0 Å². The number of anilines is 1. The molecular formula is C20H19N5O2. The molecule has 1 aliphatic rings. The lowest BCUT2D eigenvalue weighted by Crippen LogP contribution is -2.26. The van der Waals surface area contributed by atoms with E-state index >= 15 is 0 Å². The number of aryl methyl sites for hydroxylation is 1. The Morgan fingerprint density at radius 2 is 1.89 bits per heavy atom. The number of aromatic nitrogens is 3. The van der Waals surface area contributed by atoms with Crippen molar-refractivity contribution in [3.05, 3.63) is 42.3 Å². The van der Waals surface area contributed by atoms with Crippen LogP contribution in [0, 0.1) is 6.92 Å². The quantitative estimate of drug-likeness (QED) is 0.566. The molecule has 0 radical (unpaired) electrons. The molecule has 3 N–H and O–H groups in total. The molecule has 1 saturated heterocycles. The first-order valence-electron chi connectivity index (χ1n) is 8.96. The lowest BCUT2D eigenvalue weighted by atomic mass is 10.1. The van der Waals surface area contributed by atoms with Crippen molar-refractivity contribution in [1.29, 1.82) is 0 Å². The maximum atomic E-state index is 10.4. The van der Waals surface area contributed by atoms with Gasteiger partial charge in [0.15, 0.2) is 11.5 Å². The second kappa shape index (κ2) is 5.92. The van der Waals surface area contributed by atoms with E-state index in [1.807, 2.05) is 24.3 Å². The molecule has 0 unspecified atom stereocenters. The van der Waals surface area contributed by atoms with Gasteiger partial charge in [0.05, 0.1) is 16.7 Å². The largest absolute Gasteiger partial charge is 0.507 e. The summed E-state index contributed by atoms with van der Waals surface area (Å²) in [6.07, 6.45) is 0.986. The molecule has 1 aromatic carbocycles. The van der Waals surface area contributed by atoms with E-state index < -0.39 is 0 Å². The Balaban J connectivity index is 1.55. The predicted octanol–water partition coefficient (Wildman–Crippen LogP) is 2.99. The van der Waals surface area contributed by atoms with E-state index in [1.54, 1.807) is 19.1 Å². The fraction of sp³-hybridized carbons (Fsp3) is 0.250. The average Bonchev–Trinajstić information content (AvgIpc) is 3.24. The molecule has 3 aromatic heterocycles. The number of oxazole rings is 1. The Labute approximate surface area is 155 Å². The highest BCUT2D eigenvalue weighted by Gasteiger charge is 2.20. The van der Waals surface area contributed by atoms with E-state index in [9.17, 15) is 5.11 Å². The number of hydrogen-bond acceptors (Lipinski definition) is 7. The van der Waals surface area contributed by atoms with Gasteiger partial charge in [-0.2, -0.15) is 0 Å². The third-order valence-electron chi connectivity index (χ3n) is 4.97. The first-order valence-corrected chi connectivity index (χ1v) is 8.96. The van der Waals surface area contributed by atoms with E-state index in [2.05, 4.69) is 14.9 Å². The van der Waals surface area contributed by atoms with Gasteiger partial charge in [-0.3, -0.25) is 0 Å². The second-order valence-electron chi connectivity index (χ2n) is 6.97. The molecular weight excluding hydrogens is 342 g/mol. The minimum absolute atomic E-state index is 0.123. The number of nitrogens with zero attached hydrogens (tertiary/aromatic N) is 4. The van der Waals surface area contributed by atoms with Crippen LogP contribution >= 0.6 is 0 Å². The standard InChI is InChI=1S/C20H19N5O2/c1-11-22-17-9-18(26)13(8-19(17)27-11)14-2-3-16-15(23-14)4-5-20(24-16)25-7-6-12(21)10-25/h2-5,8-9,12,26H,6-7,10,21H2,1H3/t12-/m1/s1. The van der Waals surface area contributed by atoms with Crippen LogP contribution in [0.3, 0.4) is 0 Å². The van der Waals surface area contributed by atoms with E-state index in [0.29, 0.717) is 28.2 Å². The molecule has 7 nitrogen and oxygen atoms in total. The Kier molecular flexibility index (Phi) is 3.51. The minimum Gasteiger partial charge on any atom is -0.507 e. The van der Waals surface area contributed by atoms with Crippen LogP contribution in [0.1, 0.15) is 12.3 Å². The van der Waals surface area contributed by atoms with Gasteiger partial charge in [0.1, 0.15) is 17.1 Å². The zero-order valence-corrected chi connectivity index (χ0v) is 14.9. The molecule has 1 aliphatic heterocycles. The maximum Gasteiger partial charge on any atom is 0.192 e. The molecule has 4 heterocycles. The van der Waals surface area contributed by atoms with Crippen molar-refractivity contribution >= 4 is 28.0 Å². The summed E-state index contributed by atoms with van der Waals surface area (Å²) in [6.45, 7) is 3.53. The van der Waals surface area contributed by atoms with Gasteiger partial charge in [-0.25, -0.2) is 15.0 Å². The SMILES string of the molecule is Cc1nc2cc(O)c(-c3ccc4nc(N5CC[C@@H](N)C5)ccc4n3)cc2o1. The number of fused-ring (bicyclic) bond motifs is 2. The van der Waals surface area contributed by atoms with Gasteiger partial charge >= 0.3 is 0 Å². The van der Waals surface area contributed by atoms with E-state index in [1.165, 1.54) is 0 Å². The van der Waals surface area contributed by atoms with E-state index in [-0.39, 0.29) is 11.8 Å². The Bertz CT molecular complexity index is 1170. The molecule has 4 aromatic rings. The van der Waals surface area contributed by atoms with Crippen LogP contribution < -0.4 is 10.6 Å². The zero-order chi connectivity index (χ0) is 18.5. The number of phenolic OH excluding ortho intramolecular Hbond substituents is 1. The number of rotatable bonds is 2. The average molecular weight is 361 g/mol. The zero-order valence-electron chi connectivity index (χ0n) is 14.9. The van der Waals surface area contributed by atoms with Crippen LogP contribution in [0.25, 0.3) is 33.4 Å². The van der Waals surface area contributed by atoms with E-state index in [0.717, 1.165) is 36.4 Å². The van der Waals surface area contributed by atoms with Crippen LogP contribution in [-0.2, 0) is 0 Å². The number of aromatic hydroxyl groups is 1. The summed E-state index contributed by atoms with van der Waals surface area (Å²) in [5.74, 6) is 1.61. The predicted molar refractivity (Wildman–Crippen MR) is 104 cm³/mol. The van der Waals surface area contributed by atoms with E-state index in [4.69, 9.17) is 15.1 Å². The molecule has 1 atom stereocenters. The summed E-state index contributed by atoms with van der Waals surface area (Å²) in [7, 11) is 0. The molecule has 1 fully saturated rings. The van der Waals surface area contributed by atoms with Crippen molar-refractivity contribution in [3.8, 4) is 17.0 Å². The summed E-state index contributed by atoms with van der Waals surface area (Å²) in [5, 5.41) is 10.4. The Morgan fingerprint density at radius 3 is 2.70 bits per heavy atom. The highest BCUT2D eigenvalue weighted by atomic mass is 16.3. The summed E-state index contributed by atoms with van der Waals surface area (Å²) in [6, 6.07) is 11.3. The maximum absolute atomic E-state index is 10.4. The Morgan fingerprint density at radius 1 is 1.07 bits per heavy atom. The number of pyridine rings is 2. The fourth-order valence-electron chi connectivity index (χ4n) is 3.60. The third-order valence-corrected chi connectivity index (χ3v) is 4.97. The summed E-state index contributed by atoms with van der Waals surface area (Å²) < 4.78 is 5.58. The van der Waals surface area contributed by atoms with Gasteiger partial charge < -0.3 is 20.2 Å². The molecule has 0 amide bonds. The van der Waals surface area contributed by atoms with Gasteiger partial charge in [0.2, 0.25) is 0 Å². The van der Waals surface area contributed by atoms with Crippen molar-refractivity contribution in [3.63, 3.8) is 0 Å². The second-order valence-corrected chi connectivity index (χ2v) is 6.97. The molecule has 7 heteroatoms. The van der Waals surface area contributed by atoms with Gasteiger partial charge in [-0.1, -0.05) is 0 Å². The molecule has 0 aliphatic carbocycles. The van der Waals surface area contributed by atoms with Crippen LogP contribution in [0.2, 0.25) is 0 Å². The number of benzene rings is 1. The summed E-state index contributed by atoms with van der Waals surface area (Å²) in [4.78, 5) is 15.8. The lowest BCUT2D eigenvalue weighted by molar-refractivity contribution is 0.477. The third kappa shape index (κ3) is 2.76. The highest BCUT2D eigenvalue weighted by molar-refractivity contribution is 5.86. The minimum atomic E-state index is 0.123. The molecule has 5 rings (SSSR count). The number of hydrogen-bond donors (Lipinski definition) is 2. The molecule has 136 valence electrons. The van der Waals surface area contributed by atoms with Gasteiger partial charge in [0, 0.05) is 37.7 Å². The van der Waals surface area contributed by atoms with Crippen LogP contribution in [-0.4, -0.2) is 39.2 Å². The van der Waals surface area contributed by atoms with Crippen LogP contribution in [0.5, 0.6) is 5.75 Å². The summed E-state index contributed by atoms with van der Waals surface area (Å²) in [5.41, 5.74) is 10.1. The highest BCUT2D eigenvalue weighted by Crippen LogP contribution is 2.33. The van der Waals surface area contributed by atoms with Crippen molar-refractivity contribution < 1.29 is 9.52 Å². The smallest absolute Gasteiger partial charge is 0.192 e. The lowest BCUT2D eigenvalue weighted by Gasteiger charge is -2.17. The van der Waals surface area contributed by atoms with Crippen LogP contribution in [0.4, 0.5) is 5.82 Å². The molecule has 27 heavy (non-hydrogen) atoms. The number of nitrogens with two attached hydrogens (primary N) is 1. The number of phenols is 1. The Hall–Kier alpha value is -3.19. The molecule has 0 spiro atoms. The topological polar surface area (TPSA) is 101 Å². The monoisotopic (exact) mass is 361 g/mol. The molecule has 0 bridgehead atoms. The summed E-state index contributed by atoms with van der Waals surface area (Å²) >= 11 is 0.